The third-order valence-electron chi connectivity index (χ3n) is 3.02. The van der Waals surface area contributed by atoms with Gasteiger partial charge in [0.25, 0.3) is 0 Å². The van der Waals surface area contributed by atoms with Gasteiger partial charge in [0.2, 0.25) is 0 Å². The number of hydrogen-bond acceptors (Lipinski definition) is 4. The van der Waals surface area contributed by atoms with E-state index in [4.69, 9.17) is 4.74 Å². The fourth-order valence-electron chi connectivity index (χ4n) is 2.01. The summed E-state index contributed by atoms with van der Waals surface area (Å²) >= 11 is 0. The van der Waals surface area contributed by atoms with Crippen LogP contribution in [0.4, 0.5) is 0 Å². The van der Waals surface area contributed by atoms with Gasteiger partial charge in [-0.1, -0.05) is 0 Å². The van der Waals surface area contributed by atoms with Crippen molar-refractivity contribution in [2.45, 2.75) is 25.7 Å². The fourth-order valence-corrected chi connectivity index (χ4v) is 2.01. The van der Waals surface area contributed by atoms with Gasteiger partial charge in [-0.3, -0.25) is 4.99 Å². The zero-order chi connectivity index (χ0) is 10.3. The summed E-state index contributed by atoms with van der Waals surface area (Å²) in [5, 5.41) is 6.69. The summed E-state index contributed by atoms with van der Waals surface area (Å²) in [6.07, 6.45) is 4.85. The average Bonchev–Trinajstić information content (AvgIpc) is 2.62. The molecule has 0 bridgehead atoms. The van der Waals surface area contributed by atoms with Gasteiger partial charge in [0.1, 0.15) is 0 Å². The molecule has 0 aromatic carbocycles. The van der Waals surface area contributed by atoms with Crippen molar-refractivity contribution in [3.63, 3.8) is 0 Å². The topological polar surface area (TPSA) is 45.6 Å². The van der Waals surface area contributed by atoms with Crippen LogP contribution < -0.4 is 10.6 Å². The number of guanidine groups is 1. The Morgan fingerprint density at radius 1 is 1.44 bits per heavy atom. The Hall–Kier alpha value is -0.290. The molecule has 4 nitrogen and oxygen atoms in total. The Morgan fingerprint density at radius 2 is 2.38 bits per heavy atom. The molecule has 0 saturated carbocycles. The van der Waals surface area contributed by atoms with Crippen LogP contribution in [-0.4, -0.2) is 38.8 Å². The van der Waals surface area contributed by atoms with E-state index in [1.807, 2.05) is 0 Å². The molecule has 2 heterocycles. The van der Waals surface area contributed by atoms with E-state index in [0.717, 1.165) is 44.7 Å². The first-order chi connectivity index (χ1) is 7.45. The molecule has 0 spiro atoms. The van der Waals surface area contributed by atoms with E-state index >= 15 is 0 Å². The zero-order valence-electron chi connectivity index (χ0n) is 9.71. The molecule has 2 N–H and O–H groups in total. The quantitative estimate of drug-likeness (QED) is 0.824. The molecule has 0 aromatic heterocycles. The molecule has 2 aliphatic rings. The van der Waals surface area contributed by atoms with Crippen LogP contribution in [0.25, 0.3) is 0 Å². The second kappa shape index (κ2) is 7.90. The lowest BCUT2D eigenvalue weighted by Crippen LogP contribution is -2.38. The first kappa shape index (κ1) is 13.8. The van der Waals surface area contributed by atoms with Gasteiger partial charge in [0, 0.05) is 32.8 Å². The highest BCUT2D eigenvalue weighted by Gasteiger charge is 2.15. The summed E-state index contributed by atoms with van der Waals surface area (Å²) in [6, 6.07) is 0. The largest absolute Gasteiger partial charge is 0.381 e. The molecule has 94 valence electrons. The first-order valence-electron chi connectivity index (χ1n) is 6.05. The van der Waals surface area contributed by atoms with E-state index in [2.05, 4.69) is 15.6 Å². The van der Waals surface area contributed by atoms with Gasteiger partial charge in [-0.25, -0.2) is 0 Å². The van der Waals surface area contributed by atoms with Crippen LogP contribution in [0, 0.1) is 5.92 Å². The molecule has 1 saturated heterocycles. The van der Waals surface area contributed by atoms with Crippen molar-refractivity contribution in [3.05, 3.63) is 0 Å². The zero-order valence-corrected chi connectivity index (χ0v) is 11.4. The average molecular weight is 292 g/mol. The molecule has 0 aliphatic carbocycles. The van der Waals surface area contributed by atoms with Gasteiger partial charge in [-0.15, -0.1) is 17.0 Å². The molecule has 5 heteroatoms. The summed E-state index contributed by atoms with van der Waals surface area (Å²) in [5.41, 5.74) is 0. The van der Waals surface area contributed by atoms with Crippen molar-refractivity contribution in [1.29, 1.82) is 0 Å². The summed E-state index contributed by atoms with van der Waals surface area (Å²) in [5.74, 6) is 1.75. The van der Waals surface area contributed by atoms with E-state index in [9.17, 15) is 0 Å². The van der Waals surface area contributed by atoms with Crippen molar-refractivity contribution in [3.8, 4) is 0 Å². The number of rotatable bonds is 3. The maximum Gasteiger partial charge on any atom is 0.191 e. The van der Waals surface area contributed by atoms with Crippen molar-refractivity contribution in [1.82, 2.24) is 10.6 Å². The molecule has 1 atom stereocenters. The Morgan fingerprint density at radius 3 is 3.19 bits per heavy atom. The number of halogens is 1. The molecule has 1 fully saturated rings. The highest BCUT2D eigenvalue weighted by molar-refractivity contribution is 8.93. The van der Waals surface area contributed by atoms with Gasteiger partial charge in [0.05, 0.1) is 0 Å². The van der Waals surface area contributed by atoms with Crippen LogP contribution >= 0.6 is 17.0 Å². The van der Waals surface area contributed by atoms with Crippen LogP contribution in [0.2, 0.25) is 0 Å². The summed E-state index contributed by atoms with van der Waals surface area (Å²) in [4.78, 5) is 4.45. The van der Waals surface area contributed by atoms with Crippen molar-refractivity contribution in [2.24, 2.45) is 10.9 Å². The Kier molecular flexibility index (Phi) is 6.80. The Balaban J connectivity index is 0.00000128. The number of nitrogens with one attached hydrogen (secondary N) is 2. The van der Waals surface area contributed by atoms with E-state index in [-0.39, 0.29) is 17.0 Å². The van der Waals surface area contributed by atoms with E-state index in [0.29, 0.717) is 0 Å². The normalized spacial score (nSPS) is 25.0. The smallest absolute Gasteiger partial charge is 0.191 e. The van der Waals surface area contributed by atoms with Crippen molar-refractivity contribution < 1.29 is 4.74 Å². The Labute approximate surface area is 108 Å². The molecular formula is C11H22BrN3O. The SMILES string of the molecule is Br.C1CCNC(NCCC2CCOC2)=NC1. The van der Waals surface area contributed by atoms with Gasteiger partial charge in [-0.05, 0) is 31.6 Å². The molecule has 2 rings (SSSR count). The first-order valence-corrected chi connectivity index (χ1v) is 6.05. The summed E-state index contributed by atoms with van der Waals surface area (Å²) < 4.78 is 5.35. The van der Waals surface area contributed by atoms with Gasteiger partial charge < -0.3 is 15.4 Å². The molecule has 16 heavy (non-hydrogen) atoms. The Bertz CT molecular complexity index is 217. The number of hydrogen-bond donors (Lipinski definition) is 2. The minimum absolute atomic E-state index is 0. The predicted octanol–water partition coefficient (Wildman–Crippen LogP) is 1.32. The van der Waals surface area contributed by atoms with E-state index in [1.54, 1.807) is 0 Å². The molecular weight excluding hydrogens is 270 g/mol. The summed E-state index contributed by atoms with van der Waals surface area (Å²) in [6.45, 7) is 4.92. The lowest BCUT2D eigenvalue weighted by atomic mass is 10.1. The lowest BCUT2D eigenvalue weighted by molar-refractivity contribution is 0.184. The second-order valence-corrected chi connectivity index (χ2v) is 4.31. The third kappa shape index (κ3) is 4.70. The molecule has 0 aromatic rings. The highest BCUT2D eigenvalue weighted by atomic mass is 79.9. The minimum atomic E-state index is 0. The van der Waals surface area contributed by atoms with Crippen LogP contribution in [-0.2, 0) is 4.74 Å². The number of ether oxygens (including phenoxy) is 1. The number of nitrogens with zero attached hydrogens (tertiary/aromatic N) is 1. The van der Waals surface area contributed by atoms with Crippen LogP contribution in [0.15, 0.2) is 4.99 Å². The van der Waals surface area contributed by atoms with Gasteiger partial charge in [-0.2, -0.15) is 0 Å². The lowest BCUT2D eigenvalue weighted by Gasteiger charge is -2.11. The van der Waals surface area contributed by atoms with Crippen LogP contribution in [0.5, 0.6) is 0 Å². The number of aliphatic imine (C=N–C) groups is 1. The molecule has 2 aliphatic heterocycles. The standard InChI is InChI=1S/C11H21N3O.BrH/c1-2-6-13-11(12-5-1)14-7-3-10-4-8-15-9-10;/h10H,1-9H2,(H2,12,13,14);1H. The summed E-state index contributed by atoms with van der Waals surface area (Å²) in [7, 11) is 0. The maximum absolute atomic E-state index is 5.35. The highest BCUT2D eigenvalue weighted by Crippen LogP contribution is 2.15. The third-order valence-corrected chi connectivity index (χ3v) is 3.02. The monoisotopic (exact) mass is 291 g/mol. The van der Waals surface area contributed by atoms with Crippen LogP contribution in [0.3, 0.4) is 0 Å². The van der Waals surface area contributed by atoms with Gasteiger partial charge in [0.15, 0.2) is 5.96 Å². The van der Waals surface area contributed by atoms with Crippen molar-refractivity contribution in [2.75, 3.05) is 32.8 Å². The van der Waals surface area contributed by atoms with Gasteiger partial charge >= 0.3 is 0 Å². The maximum atomic E-state index is 5.35. The van der Waals surface area contributed by atoms with Crippen LogP contribution in [0.1, 0.15) is 25.7 Å². The molecule has 1 unspecified atom stereocenters. The molecule has 0 radical (unpaired) electrons. The van der Waals surface area contributed by atoms with E-state index < -0.39 is 0 Å². The second-order valence-electron chi connectivity index (χ2n) is 4.31. The van der Waals surface area contributed by atoms with Crippen molar-refractivity contribution >= 4 is 22.9 Å². The fraction of sp³-hybridized carbons (Fsp3) is 0.909. The van der Waals surface area contributed by atoms with E-state index in [1.165, 1.54) is 25.7 Å². The minimum Gasteiger partial charge on any atom is -0.381 e. The predicted molar refractivity (Wildman–Crippen MR) is 71.4 cm³/mol. The molecule has 0 amide bonds.